The number of ether oxygens (including phenoxy) is 1. The Bertz CT molecular complexity index is 461. The van der Waals surface area contributed by atoms with Gasteiger partial charge in [0.2, 0.25) is 11.8 Å². The van der Waals surface area contributed by atoms with Crippen molar-refractivity contribution in [2.45, 2.75) is 104 Å². The molecule has 0 aromatic carbocycles. The van der Waals surface area contributed by atoms with Crippen molar-refractivity contribution in [3.63, 3.8) is 0 Å². The number of nitrogens with one attached hydrogen (secondary N) is 3. The van der Waals surface area contributed by atoms with E-state index in [1.807, 2.05) is 0 Å². The smallest absolute Gasteiger partial charge is 0.408 e. The minimum Gasteiger partial charge on any atom is -0.444 e. The summed E-state index contributed by atoms with van der Waals surface area (Å²) in [7, 11) is 0. The van der Waals surface area contributed by atoms with Crippen LogP contribution in [0.4, 0.5) is 4.79 Å². The highest BCUT2D eigenvalue weighted by atomic mass is 16.6. The molecule has 0 spiro atoms. The van der Waals surface area contributed by atoms with E-state index in [4.69, 9.17) is 4.74 Å². The van der Waals surface area contributed by atoms with E-state index in [1.54, 1.807) is 20.8 Å². The molecule has 0 aromatic rings. The fraction of sp³-hybridized carbons (Fsp3) is 0.857. The van der Waals surface area contributed by atoms with Gasteiger partial charge in [0, 0.05) is 19.5 Å². The van der Waals surface area contributed by atoms with Crippen molar-refractivity contribution in [3.8, 4) is 0 Å². The summed E-state index contributed by atoms with van der Waals surface area (Å²) in [5.41, 5.74) is -0.659. The maximum atomic E-state index is 12.5. The van der Waals surface area contributed by atoms with Gasteiger partial charge in [-0.25, -0.2) is 4.79 Å². The SMILES string of the molecule is CCCCCCNC(=O)[C@@H](CNC(=O)CCCCCC)NC(=O)OC(C)(C)C. The van der Waals surface area contributed by atoms with Crippen LogP contribution in [-0.4, -0.2) is 42.6 Å². The van der Waals surface area contributed by atoms with Crippen molar-refractivity contribution >= 4 is 17.9 Å². The number of carbonyl (C=O) groups is 3. The number of amides is 3. The maximum absolute atomic E-state index is 12.5. The minimum atomic E-state index is -0.861. The van der Waals surface area contributed by atoms with Crippen molar-refractivity contribution in [1.82, 2.24) is 16.0 Å². The third-order valence-corrected chi connectivity index (χ3v) is 4.10. The van der Waals surface area contributed by atoms with E-state index in [2.05, 4.69) is 29.8 Å². The molecule has 0 unspecified atom stereocenters. The zero-order valence-electron chi connectivity index (χ0n) is 18.5. The Kier molecular flexibility index (Phi) is 14.2. The summed E-state index contributed by atoms with van der Waals surface area (Å²) in [5, 5.41) is 8.15. The Labute approximate surface area is 170 Å². The van der Waals surface area contributed by atoms with E-state index < -0.39 is 17.7 Å². The molecular weight excluding hydrogens is 358 g/mol. The van der Waals surface area contributed by atoms with Crippen molar-refractivity contribution in [2.75, 3.05) is 13.1 Å². The summed E-state index contributed by atoms with van der Waals surface area (Å²) in [6.07, 6.45) is 8.02. The van der Waals surface area contributed by atoms with Gasteiger partial charge in [-0.15, -0.1) is 0 Å². The van der Waals surface area contributed by atoms with E-state index in [0.717, 1.165) is 51.4 Å². The number of alkyl carbamates (subject to hydrolysis) is 1. The summed E-state index contributed by atoms with van der Waals surface area (Å²) in [6.45, 7) is 10.1. The predicted molar refractivity (Wildman–Crippen MR) is 112 cm³/mol. The largest absolute Gasteiger partial charge is 0.444 e. The summed E-state index contributed by atoms with van der Waals surface area (Å²) >= 11 is 0. The predicted octanol–water partition coefficient (Wildman–Crippen LogP) is 3.66. The van der Waals surface area contributed by atoms with E-state index in [-0.39, 0.29) is 18.4 Å². The number of rotatable bonds is 14. The molecule has 0 saturated carbocycles. The topological polar surface area (TPSA) is 96.5 Å². The van der Waals surface area contributed by atoms with Gasteiger partial charge >= 0.3 is 6.09 Å². The highest BCUT2D eigenvalue weighted by molar-refractivity contribution is 5.86. The van der Waals surface area contributed by atoms with Gasteiger partial charge in [0.25, 0.3) is 0 Å². The molecule has 3 N–H and O–H groups in total. The lowest BCUT2D eigenvalue weighted by molar-refractivity contribution is -0.124. The van der Waals surface area contributed by atoms with Crippen LogP contribution in [0.3, 0.4) is 0 Å². The molecule has 0 saturated heterocycles. The monoisotopic (exact) mass is 399 g/mol. The summed E-state index contributed by atoms with van der Waals surface area (Å²) < 4.78 is 5.23. The third kappa shape index (κ3) is 15.3. The average molecular weight is 400 g/mol. The Morgan fingerprint density at radius 3 is 2.04 bits per heavy atom. The van der Waals surface area contributed by atoms with Gasteiger partial charge in [-0.3, -0.25) is 9.59 Å². The van der Waals surface area contributed by atoms with E-state index in [1.165, 1.54) is 0 Å². The van der Waals surface area contributed by atoms with Gasteiger partial charge in [0.15, 0.2) is 0 Å². The number of unbranched alkanes of at least 4 members (excludes halogenated alkanes) is 6. The van der Waals surface area contributed by atoms with Crippen LogP contribution in [0.25, 0.3) is 0 Å². The first-order chi connectivity index (χ1) is 13.2. The fourth-order valence-corrected chi connectivity index (χ4v) is 2.56. The van der Waals surface area contributed by atoms with Crippen LogP contribution in [0.2, 0.25) is 0 Å². The number of carbonyl (C=O) groups excluding carboxylic acids is 3. The summed E-state index contributed by atoms with van der Waals surface area (Å²) in [6, 6.07) is -0.861. The number of hydrogen-bond acceptors (Lipinski definition) is 4. The van der Waals surface area contributed by atoms with Gasteiger partial charge in [-0.1, -0.05) is 52.4 Å². The van der Waals surface area contributed by atoms with Crippen LogP contribution in [0, 0.1) is 0 Å². The molecule has 3 amide bonds. The van der Waals surface area contributed by atoms with Gasteiger partial charge in [-0.2, -0.15) is 0 Å². The van der Waals surface area contributed by atoms with E-state index >= 15 is 0 Å². The van der Waals surface area contributed by atoms with Crippen molar-refractivity contribution in [2.24, 2.45) is 0 Å². The highest BCUT2D eigenvalue weighted by Crippen LogP contribution is 2.07. The average Bonchev–Trinajstić information content (AvgIpc) is 2.60. The van der Waals surface area contributed by atoms with Crippen LogP contribution < -0.4 is 16.0 Å². The molecule has 7 nitrogen and oxygen atoms in total. The second-order valence-electron chi connectivity index (χ2n) is 8.17. The summed E-state index contributed by atoms with van der Waals surface area (Å²) in [4.78, 5) is 36.5. The van der Waals surface area contributed by atoms with Gasteiger partial charge in [-0.05, 0) is 33.6 Å². The molecule has 0 bridgehead atoms. The molecule has 0 radical (unpaired) electrons. The first-order valence-electron chi connectivity index (χ1n) is 10.7. The third-order valence-electron chi connectivity index (χ3n) is 4.10. The maximum Gasteiger partial charge on any atom is 0.408 e. The first kappa shape index (κ1) is 26.2. The molecule has 0 aliphatic carbocycles. The van der Waals surface area contributed by atoms with Gasteiger partial charge in [0.05, 0.1) is 0 Å². The Hall–Kier alpha value is -1.79. The highest BCUT2D eigenvalue weighted by Gasteiger charge is 2.24. The lowest BCUT2D eigenvalue weighted by Crippen LogP contribution is -2.53. The zero-order valence-corrected chi connectivity index (χ0v) is 18.5. The quantitative estimate of drug-likeness (QED) is 0.388. The molecule has 1 atom stereocenters. The molecule has 0 heterocycles. The number of hydrogen-bond donors (Lipinski definition) is 3. The van der Waals surface area contributed by atoms with Gasteiger partial charge in [0.1, 0.15) is 11.6 Å². The summed E-state index contributed by atoms with van der Waals surface area (Å²) in [5.74, 6) is -0.420. The van der Waals surface area contributed by atoms with Crippen molar-refractivity contribution in [1.29, 1.82) is 0 Å². The zero-order chi connectivity index (χ0) is 21.4. The van der Waals surface area contributed by atoms with E-state index in [0.29, 0.717) is 13.0 Å². The van der Waals surface area contributed by atoms with Crippen molar-refractivity contribution in [3.05, 3.63) is 0 Å². The molecule has 7 heteroatoms. The van der Waals surface area contributed by atoms with Gasteiger partial charge < -0.3 is 20.7 Å². The van der Waals surface area contributed by atoms with Crippen molar-refractivity contribution < 1.29 is 19.1 Å². The van der Waals surface area contributed by atoms with Crippen LogP contribution in [0.5, 0.6) is 0 Å². The lowest BCUT2D eigenvalue weighted by atomic mass is 10.1. The molecule has 0 aliphatic rings. The first-order valence-corrected chi connectivity index (χ1v) is 10.7. The van der Waals surface area contributed by atoms with E-state index in [9.17, 15) is 14.4 Å². The lowest BCUT2D eigenvalue weighted by Gasteiger charge is -2.23. The van der Waals surface area contributed by atoms with Crippen LogP contribution in [0.1, 0.15) is 92.4 Å². The van der Waals surface area contributed by atoms with Crippen LogP contribution in [-0.2, 0) is 14.3 Å². The molecule has 0 rings (SSSR count). The molecule has 0 aliphatic heterocycles. The Morgan fingerprint density at radius 1 is 0.857 bits per heavy atom. The molecule has 0 aromatic heterocycles. The normalized spacial score (nSPS) is 12.2. The molecule has 0 fully saturated rings. The second-order valence-corrected chi connectivity index (χ2v) is 8.17. The van der Waals surface area contributed by atoms with Crippen LogP contribution >= 0.6 is 0 Å². The second kappa shape index (κ2) is 15.2. The molecule has 164 valence electrons. The standard InChI is InChI=1S/C21H41N3O4/c1-6-8-10-12-14-18(25)23-16-17(24-20(27)28-21(3,4)5)19(26)22-15-13-11-9-7-2/h17H,6-16H2,1-5H3,(H,22,26)(H,23,25)(H,24,27)/t17-/m1/s1. The minimum absolute atomic E-state index is 0.0483. The molecule has 28 heavy (non-hydrogen) atoms. The Balaban J connectivity index is 4.55. The van der Waals surface area contributed by atoms with Crippen LogP contribution in [0.15, 0.2) is 0 Å². The Morgan fingerprint density at radius 2 is 1.46 bits per heavy atom. The fourth-order valence-electron chi connectivity index (χ4n) is 2.56. The molecular formula is C21H41N3O4.